The standard InChI is InChI=1S/C12H12N2O5/c1-19-12(16)8-13-11(15)6-5-9-3-2-4-10(7-9)14(17)18/h2-7H,8H2,1H3,(H,13,15). The quantitative estimate of drug-likeness (QED) is 0.368. The number of non-ortho nitro benzene ring substituents is 1. The topological polar surface area (TPSA) is 98.5 Å². The van der Waals surface area contributed by atoms with Crippen LogP contribution >= 0.6 is 0 Å². The van der Waals surface area contributed by atoms with Crippen molar-refractivity contribution in [2.45, 2.75) is 0 Å². The number of nitro groups is 1. The molecule has 7 nitrogen and oxygen atoms in total. The minimum absolute atomic E-state index is 0.0582. The summed E-state index contributed by atoms with van der Waals surface area (Å²) in [4.78, 5) is 32.1. The molecule has 100 valence electrons. The van der Waals surface area contributed by atoms with Crippen molar-refractivity contribution in [1.29, 1.82) is 0 Å². The zero-order valence-corrected chi connectivity index (χ0v) is 10.2. The number of amides is 1. The van der Waals surface area contributed by atoms with Gasteiger partial charge in [0.15, 0.2) is 0 Å². The fourth-order valence-electron chi connectivity index (χ4n) is 1.20. The van der Waals surface area contributed by atoms with E-state index in [1.54, 1.807) is 6.07 Å². The fraction of sp³-hybridized carbons (Fsp3) is 0.167. The Balaban J connectivity index is 2.61. The summed E-state index contributed by atoms with van der Waals surface area (Å²) in [7, 11) is 1.22. The third-order valence-electron chi connectivity index (χ3n) is 2.14. The van der Waals surface area contributed by atoms with E-state index in [4.69, 9.17) is 0 Å². The number of hydrogen-bond acceptors (Lipinski definition) is 5. The van der Waals surface area contributed by atoms with Gasteiger partial charge in [0, 0.05) is 18.2 Å². The molecular formula is C12H12N2O5. The van der Waals surface area contributed by atoms with E-state index in [1.165, 1.54) is 37.5 Å². The van der Waals surface area contributed by atoms with E-state index in [0.717, 1.165) is 0 Å². The first kappa shape index (κ1) is 14.4. The molecule has 1 aromatic carbocycles. The lowest BCUT2D eigenvalue weighted by molar-refractivity contribution is -0.384. The molecule has 0 bridgehead atoms. The Labute approximate surface area is 109 Å². The molecule has 0 saturated heterocycles. The van der Waals surface area contributed by atoms with Crippen molar-refractivity contribution in [2.75, 3.05) is 13.7 Å². The minimum atomic E-state index is -0.558. The Bertz CT molecular complexity index is 525. The Morgan fingerprint density at radius 2 is 2.21 bits per heavy atom. The Hall–Kier alpha value is -2.70. The molecule has 1 aromatic rings. The van der Waals surface area contributed by atoms with Crippen LogP contribution in [-0.2, 0) is 14.3 Å². The summed E-state index contributed by atoms with van der Waals surface area (Å²) in [6, 6.07) is 5.83. The van der Waals surface area contributed by atoms with Crippen molar-refractivity contribution >= 4 is 23.6 Å². The number of nitro benzene ring substituents is 1. The van der Waals surface area contributed by atoms with Crippen LogP contribution in [0.2, 0.25) is 0 Å². The van der Waals surface area contributed by atoms with E-state index in [2.05, 4.69) is 10.1 Å². The van der Waals surface area contributed by atoms with Gasteiger partial charge in [0.1, 0.15) is 6.54 Å². The minimum Gasteiger partial charge on any atom is -0.468 e. The van der Waals surface area contributed by atoms with Gasteiger partial charge in [0.05, 0.1) is 12.0 Å². The SMILES string of the molecule is COC(=O)CNC(=O)C=Cc1cccc([N+](=O)[O-])c1. The number of benzene rings is 1. The predicted octanol–water partition coefficient (Wildman–Crippen LogP) is 0.897. The highest BCUT2D eigenvalue weighted by Gasteiger charge is 2.04. The van der Waals surface area contributed by atoms with E-state index >= 15 is 0 Å². The molecule has 0 aromatic heterocycles. The molecule has 1 rings (SSSR count). The smallest absolute Gasteiger partial charge is 0.325 e. The van der Waals surface area contributed by atoms with E-state index in [-0.39, 0.29) is 12.2 Å². The molecule has 0 unspecified atom stereocenters. The molecule has 0 heterocycles. The van der Waals surface area contributed by atoms with Crippen molar-refractivity contribution in [3.05, 3.63) is 46.0 Å². The molecule has 0 aliphatic heterocycles. The third kappa shape index (κ3) is 4.99. The third-order valence-corrected chi connectivity index (χ3v) is 2.14. The van der Waals surface area contributed by atoms with E-state index < -0.39 is 16.8 Å². The van der Waals surface area contributed by atoms with Crippen molar-refractivity contribution < 1.29 is 19.2 Å². The second-order valence-corrected chi connectivity index (χ2v) is 3.48. The summed E-state index contributed by atoms with van der Waals surface area (Å²) in [6.45, 7) is -0.228. The molecule has 7 heteroatoms. The molecule has 0 saturated carbocycles. The number of nitrogens with zero attached hydrogens (tertiary/aromatic N) is 1. The first-order valence-corrected chi connectivity index (χ1v) is 5.30. The van der Waals surface area contributed by atoms with Crippen LogP contribution in [0.1, 0.15) is 5.56 Å². The molecular weight excluding hydrogens is 252 g/mol. The number of carbonyl (C=O) groups excluding carboxylic acids is 2. The largest absolute Gasteiger partial charge is 0.468 e. The average molecular weight is 264 g/mol. The maximum atomic E-state index is 11.3. The van der Waals surface area contributed by atoms with E-state index in [0.29, 0.717) is 5.56 Å². The van der Waals surface area contributed by atoms with Crippen LogP contribution < -0.4 is 5.32 Å². The van der Waals surface area contributed by atoms with Crippen LogP contribution in [-0.4, -0.2) is 30.5 Å². The van der Waals surface area contributed by atoms with Gasteiger partial charge in [-0.15, -0.1) is 0 Å². The summed E-state index contributed by atoms with van der Waals surface area (Å²) < 4.78 is 4.35. The van der Waals surface area contributed by atoms with Crippen LogP contribution in [0.25, 0.3) is 6.08 Å². The number of rotatable bonds is 5. The van der Waals surface area contributed by atoms with Crippen LogP contribution in [0.3, 0.4) is 0 Å². The van der Waals surface area contributed by atoms with Gasteiger partial charge in [0.2, 0.25) is 5.91 Å². The average Bonchev–Trinajstić information content (AvgIpc) is 2.42. The number of ether oxygens (including phenoxy) is 1. The maximum absolute atomic E-state index is 11.3. The lowest BCUT2D eigenvalue weighted by Crippen LogP contribution is -2.28. The van der Waals surface area contributed by atoms with Gasteiger partial charge in [0.25, 0.3) is 5.69 Å². The van der Waals surface area contributed by atoms with Crippen molar-refractivity contribution in [3.8, 4) is 0 Å². The van der Waals surface area contributed by atoms with Gasteiger partial charge in [-0.05, 0) is 11.6 Å². The molecule has 0 aliphatic carbocycles. The normalized spacial score (nSPS) is 10.2. The first-order valence-electron chi connectivity index (χ1n) is 5.30. The number of hydrogen-bond donors (Lipinski definition) is 1. The van der Waals surface area contributed by atoms with Crippen molar-refractivity contribution in [3.63, 3.8) is 0 Å². The van der Waals surface area contributed by atoms with E-state index in [1.807, 2.05) is 0 Å². The Kier molecular flexibility index (Phi) is 5.21. The van der Waals surface area contributed by atoms with Crippen LogP contribution in [0.15, 0.2) is 30.3 Å². The van der Waals surface area contributed by atoms with Crippen LogP contribution in [0.5, 0.6) is 0 Å². The number of nitrogens with one attached hydrogen (secondary N) is 1. The monoisotopic (exact) mass is 264 g/mol. The molecule has 1 N–H and O–H groups in total. The molecule has 0 fully saturated rings. The molecule has 1 amide bonds. The van der Waals surface area contributed by atoms with Crippen LogP contribution in [0.4, 0.5) is 5.69 Å². The molecule has 0 radical (unpaired) electrons. The Morgan fingerprint density at radius 3 is 2.84 bits per heavy atom. The van der Waals surface area contributed by atoms with Gasteiger partial charge < -0.3 is 10.1 Å². The zero-order chi connectivity index (χ0) is 14.3. The highest BCUT2D eigenvalue weighted by atomic mass is 16.6. The van der Waals surface area contributed by atoms with Crippen LogP contribution in [0, 0.1) is 10.1 Å². The highest BCUT2D eigenvalue weighted by molar-refractivity contribution is 5.93. The zero-order valence-electron chi connectivity index (χ0n) is 10.2. The van der Waals surface area contributed by atoms with E-state index in [9.17, 15) is 19.7 Å². The first-order chi connectivity index (χ1) is 9.02. The molecule has 0 aliphatic rings. The Morgan fingerprint density at radius 1 is 1.47 bits per heavy atom. The van der Waals surface area contributed by atoms with Gasteiger partial charge in [-0.25, -0.2) is 0 Å². The summed E-state index contributed by atoms with van der Waals surface area (Å²) in [5.74, 6) is -1.05. The van der Waals surface area contributed by atoms with Gasteiger partial charge in [-0.2, -0.15) is 0 Å². The van der Waals surface area contributed by atoms with Gasteiger partial charge in [-0.3, -0.25) is 19.7 Å². The second-order valence-electron chi connectivity index (χ2n) is 3.48. The predicted molar refractivity (Wildman–Crippen MR) is 67.2 cm³/mol. The van der Waals surface area contributed by atoms with Crippen molar-refractivity contribution in [2.24, 2.45) is 0 Å². The second kappa shape index (κ2) is 6.90. The number of methoxy groups -OCH3 is 1. The maximum Gasteiger partial charge on any atom is 0.325 e. The number of esters is 1. The molecule has 19 heavy (non-hydrogen) atoms. The fourth-order valence-corrected chi connectivity index (χ4v) is 1.20. The van der Waals surface area contributed by atoms with Crippen molar-refractivity contribution in [1.82, 2.24) is 5.32 Å². The molecule has 0 atom stereocenters. The van der Waals surface area contributed by atoms with Gasteiger partial charge >= 0.3 is 5.97 Å². The summed E-state index contributed by atoms with van der Waals surface area (Å²) in [6.07, 6.45) is 2.60. The lowest BCUT2D eigenvalue weighted by Gasteiger charge is -1.99. The lowest BCUT2D eigenvalue weighted by atomic mass is 10.2. The molecule has 0 spiro atoms. The summed E-state index contributed by atoms with van der Waals surface area (Å²) in [5.41, 5.74) is 0.458. The highest BCUT2D eigenvalue weighted by Crippen LogP contribution is 2.13. The summed E-state index contributed by atoms with van der Waals surface area (Å²) in [5, 5.41) is 12.9. The number of carbonyl (C=O) groups is 2. The summed E-state index contributed by atoms with van der Waals surface area (Å²) >= 11 is 0. The van der Waals surface area contributed by atoms with Gasteiger partial charge in [-0.1, -0.05) is 12.1 Å².